The summed E-state index contributed by atoms with van der Waals surface area (Å²) in [5.41, 5.74) is 1.65. The third-order valence-corrected chi connectivity index (χ3v) is 4.95. The Balaban J connectivity index is 1.81. The Morgan fingerprint density at radius 1 is 1.09 bits per heavy atom. The van der Waals surface area contributed by atoms with E-state index in [1.165, 1.54) is 5.56 Å². The molecule has 0 spiro atoms. The Kier molecular flexibility index (Phi) is 5.24. The molecule has 0 amide bonds. The Bertz CT molecular complexity index is 665. The van der Waals surface area contributed by atoms with Gasteiger partial charge in [0.15, 0.2) is 0 Å². The van der Waals surface area contributed by atoms with Gasteiger partial charge in [-0.2, -0.15) is 0 Å². The van der Waals surface area contributed by atoms with Crippen LogP contribution in [0, 0.1) is 0 Å². The molecule has 2 aromatic carbocycles. The molecule has 122 valence electrons. The Morgan fingerprint density at radius 2 is 1.87 bits per heavy atom. The van der Waals surface area contributed by atoms with Gasteiger partial charge in [0.25, 0.3) is 0 Å². The molecule has 5 heteroatoms. The first-order valence-corrected chi connectivity index (χ1v) is 8.35. The lowest BCUT2D eigenvalue weighted by molar-refractivity contribution is -0.0163. The molecule has 1 aliphatic rings. The number of nitrogens with zero attached hydrogens (tertiary/aromatic N) is 1. The van der Waals surface area contributed by atoms with Crippen molar-refractivity contribution in [2.45, 2.75) is 18.6 Å². The van der Waals surface area contributed by atoms with E-state index in [0.29, 0.717) is 29.7 Å². The minimum atomic E-state index is -0.544. The number of rotatable bonds is 5. The first kappa shape index (κ1) is 16.7. The van der Waals surface area contributed by atoms with Gasteiger partial charge in [-0.3, -0.25) is 4.90 Å². The summed E-state index contributed by atoms with van der Waals surface area (Å²) in [6.45, 7) is 2.10. The van der Waals surface area contributed by atoms with Gasteiger partial charge in [0.2, 0.25) is 0 Å². The van der Waals surface area contributed by atoms with Crippen LogP contribution in [0.15, 0.2) is 48.5 Å². The first-order chi connectivity index (χ1) is 11.1. The summed E-state index contributed by atoms with van der Waals surface area (Å²) in [5, 5.41) is 10.5. The maximum Gasteiger partial charge on any atom is 0.110 e. The summed E-state index contributed by atoms with van der Waals surface area (Å²) in [7, 11) is 0. The average Bonchev–Trinajstić information content (AvgIpc) is 2.95. The lowest BCUT2D eigenvalue weighted by Crippen LogP contribution is -2.33. The van der Waals surface area contributed by atoms with E-state index in [2.05, 4.69) is 17.0 Å². The lowest BCUT2D eigenvalue weighted by atomic mass is 9.90. The summed E-state index contributed by atoms with van der Waals surface area (Å²) in [5.74, 6) is 0. The van der Waals surface area contributed by atoms with Crippen LogP contribution in [0.2, 0.25) is 10.0 Å². The zero-order valence-electron chi connectivity index (χ0n) is 12.7. The van der Waals surface area contributed by atoms with Crippen LogP contribution in [0.3, 0.4) is 0 Å². The molecule has 1 saturated heterocycles. The standard InChI is InChI=1S/C18H19Cl2NO2/c19-16-7-6-15(10-17(16)20)18(8-9-22)12-21(13-23-18)11-14-4-2-1-3-5-14/h1-7,10,22H,8-9,11-13H2. The molecule has 1 heterocycles. The van der Waals surface area contributed by atoms with E-state index in [1.807, 2.05) is 30.3 Å². The van der Waals surface area contributed by atoms with E-state index in [4.69, 9.17) is 27.9 Å². The molecular weight excluding hydrogens is 333 g/mol. The minimum Gasteiger partial charge on any atom is -0.396 e. The largest absolute Gasteiger partial charge is 0.396 e. The molecule has 3 rings (SSSR count). The van der Waals surface area contributed by atoms with Crippen molar-refractivity contribution in [1.82, 2.24) is 4.90 Å². The number of halogens is 2. The van der Waals surface area contributed by atoms with Gasteiger partial charge in [-0.05, 0) is 23.3 Å². The van der Waals surface area contributed by atoms with Gasteiger partial charge in [-0.1, -0.05) is 59.6 Å². The molecule has 1 atom stereocenters. The van der Waals surface area contributed by atoms with E-state index in [9.17, 15) is 5.11 Å². The minimum absolute atomic E-state index is 0.0550. The highest BCUT2D eigenvalue weighted by Gasteiger charge is 2.40. The fourth-order valence-electron chi connectivity index (χ4n) is 3.04. The fraction of sp³-hybridized carbons (Fsp3) is 0.333. The van der Waals surface area contributed by atoms with Gasteiger partial charge in [0, 0.05) is 26.1 Å². The molecule has 0 saturated carbocycles. The smallest absolute Gasteiger partial charge is 0.110 e. The van der Waals surface area contributed by atoms with Gasteiger partial charge in [-0.15, -0.1) is 0 Å². The van der Waals surface area contributed by atoms with Crippen molar-refractivity contribution in [1.29, 1.82) is 0 Å². The molecule has 1 unspecified atom stereocenters. The van der Waals surface area contributed by atoms with E-state index in [-0.39, 0.29) is 6.61 Å². The van der Waals surface area contributed by atoms with Crippen molar-refractivity contribution >= 4 is 23.2 Å². The lowest BCUT2D eigenvalue weighted by Gasteiger charge is -2.28. The topological polar surface area (TPSA) is 32.7 Å². The van der Waals surface area contributed by atoms with Crippen LogP contribution in [-0.2, 0) is 16.9 Å². The SMILES string of the molecule is OCCC1(c2ccc(Cl)c(Cl)c2)CN(Cc2ccccc2)CO1. The average molecular weight is 352 g/mol. The van der Waals surface area contributed by atoms with Gasteiger partial charge in [0.05, 0.1) is 10.0 Å². The van der Waals surface area contributed by atoms with Gasteiger partial charge in [0.1, 0.15) is 12.3 Å². The van der Waals surface area contributed by atoms with E-state index in [0.717, 1.165) is 12.1 Å². The predicted octanol–water partition coefficient (Wildman–Crippen LogP) is 4.06. The molecular formula is C18H19Cl2NO2. The molecule has 0 aromatic heterocycles. The zero-order valence-corrected chi connectivity index (χ0v) is 14.2. The zero-order chi connectivity index (χ0) is 16.3. The second kappa shape index (κ2) is 7.20. The first-order valence-electron chi connectivity index (χ1n) is 7.60. The molecule has 0 aliphatic carbocycles. The highest BCUT2D eigenvalue weighted by atomic mass is 35.5. The number of benzene rings is 2. The van der Waals surface area contributed by atoms with Gasteiger partial charge >= 0.3 is 0 Å². The number of aliphatic hydroxyl groups is 1. The summed E-state index contributed by atoms with van der Waals surface area (Å²) in [4.78, 5) is 2.23. The van der Waals surface area contributed by atoms with Crippen molar-refractivity contribution in [3.63, 3.8) is 0 Å². The predicted molar refractivity (Wildman–Crippen MR) is 92.6 cm³/mol. The van der Waals surface area contributed by atoms with Crippen LogP contribution in [0.5, 0.6) is 0 Å². The van der Waals surface area contributed by atoms with Crippen molar-refractivity contribution in [3.05, 3.63) is 69.7 Å². The highest BCUT2D eigenvalue weighted by molar-refractivity contribution is 6.42. The molecule has 1 fully saturated rings. The van der Waals surface area contributed by atoms with Crippen molar-refractivity contribution < 1.29 is 9.84 Å². The van der Waals surface area contributed by atoms with E-state index < -0.39 is 5.60 Å². The second-order valence-corrected chi connectivity index (χ2v) is 6.66. The highest BCUT2D eigenvalue weighted by Crippen LogP contribution is 2.38. The van der Waals surface area contributed by atoms with Crippen LogP contribution in [0.25, 0.3) is 0 Å². The number of ether oxygens (including phenoxy) is 1. The normalized spacial score (nSPS) is 21.7. The van der Waals surface area contributed by atoms with Crippen LogP contribution in [0.4, 0.5) is 0 Å². The summed E-state index contributed by atoms with van der Waals surface area (Å²) in [6.07, 6.45) is 0.524. The van der Waals surface area contributed by atoms with Crippen LogP contribution >= 0.6 is 23.2 Å². The Morgan fingerprint density at radius 3 is 2.57 bits per heavy atom. The third-order valence-electron chi connectivity index (χ3n) is 4.21. The number of aliphatic hydroxyl groups excluding tert-OH is 1. The Hall–Kier alpha value is -1.10. The van der Waals surface area contributed by atoms with E-state index >= 15 is 0 Å². The molecule has 2 aromatic rings. The third kappa shape index (κ3) is 3.70. The maximum absolute atomic E-state index is 9.50. The van der Waals surface area contributed by atoms with Crippen molar-refractivity contribution in [2.75, 3.05) is 19.9 Å². The molecule has 0 bridgehead atoms. The summed E-state index contributed by atoms with van der Waals surface area (Å²) < 4.78 is 6.11. The number of hydrogen-bond acceptors (Lipinski definition) is 3. The van der Waals surface area contributed by atoms with Crippen molar-refractivity contribution in [3.8, 4) is 0 Å². The maximum atomic E-state index is 9.50. The molecule has 3 nitrogen and oxygen atoms in total. The van der Waals surface area contributed by atoms with Crippen LogP contribution in [-0.4, -0.2) is 29.9 Å². The molecule has 1 aliphatic heterocycles. The van der Waals surface area contributed by atoms with E-state index in [1.54, 1.807) is 6.07 Å². The second-order valence-electron chi connectivity index (χ2n) is 5.84. The van der Waals surface area contributed by atoms with Gasteiger partial charge in [-0.25, -0.2) is 0 Å². The monoisotopic (exact) mass is 351 g/mol. The molecule has 0 radical (unpaired) electrons. The quantitative estimate of drug-likeness (QED) is 0.881. The Labute approximate surface area is 146 Å². The van der Waals surface area contributed by atoms with Crippen molar-refractivity contribution in [2.24, 2.45) is 0 Å². The van der Waals surface area contributed by atoms with Crippen LogP contribution < -0.4 is 0 Å². The molecule has 23 heavy (non-hydrogen) atoms. The summed E-state index contributed by atoms with van der Waals surface area (Å²) in [6, 6.07) is 15.8. The fourth-order valence-corrected chi connectivity index (χ4v) is 3.34. The number of hydrogen-bond donors (Lipinski definition) is 1. The molecule has 1 N–H and O–H groups in total. The van der Waals surface area contributed by atoms with Gasteiger partial charge < -0.3 is 9.84 Å². The summed E-state index contributed by atoms with van der Waals surface area (Å²) >= 11 is 12.2. The van der Waals surface area contributed by atoms with Crippen LogP contribution in [0.1, 0.15) is 17.5 Å².